The maximum atomic E-state index is 12.2. The number of nitrogens with zero attached hydrogens (tertiary/aromatic N) is 2. The van der Waals surface area contributed by atoms with E-state index >= 15 is 0 Å². The summed E-state index contributed by atoms with van der Waals surface area (Å²) in [6, 6.07) is 6.15. The minimum atomic E-state index is -4.65. The molecule has 0 saturated carbocycles. The monoisotopic (exact) mass is 317 g/mol. The lowest BCUT2D eigenvalue weighted by atomic mass is 10.2. The van der Waals surface area contributed by atoms with Crippen LogP contribution in [0.25, 0.3) is 0 Å². The molecule has 0 unspecified atom stereocenters. The quantitative estimate of drug-likeness (QED) is 0.868. The van der Waals surface area contributed by atoms with Gasteiger partial charge in [0.05, 0.1) is 0 Å². The summed E-state index contributed by atoms with van der Waals surface area (Å²) in [7, 11) is 1.97. The summed E-state index contributed by atoms with van der Waals surface area (Å²) in [5.41, 5.74) is 0.810. The van der Waals surface area contributed by atoms with Crippen molar-refractivity contribution in [2.75, 3.05) is 46.3 Å². The van der Waals surface area contributed by atoms with Gasteiger partial charge in [-0.25, -0.2) is 0 Å². The molecule has 0 amide bonds. The maximum Gasteiger partial charge on any atom is 0.573 e. The summed E-state index contributed by atoms with van der Waals surface area (Å²) in [5.74, 6) is -0.166. The van der Waals surface area contributed by atoms with Crippen LogP contribution < -0.4 is 10.1 Å². The van der Waals surface area contributed by atoms with Gasteiger partial charge in [-0.1, -0.05) is 12.1 Å². The molecule has 124 valence electrons. The number of alkyl halides is 3. The topological polar surface area (TPSA) is 27.7 Å². The Morgan fingerprint density at radius 1 is 1.27 bits per heavy atom. The maximum absolute atomic E-state index is 12.2. The molecule has 1 fully saturated rings. The highest BCUT2D eigenvalue weighted by Gasteiger charge is 2.31. The standard InChI is InChI=1S/C15H22F3N3O/c1-20(9-10-21-7-5-19-6-8-21)12-13-3-2-4-14(11-13)22-15(16,17)18/h2-4,11,19H,5-10,12H2,1H3. The second kappa shape index (κ2) is 7.80. The van der Waals surface area contributed by atoms with E-state index in [-0.39, 0.29) is 5.75 Å². The first-order valence-corrected chi connectivity index (χ1v) is 7.39. The van der Waals surface area contributed by atoms with Crippen molar-refractivity contribution in [3.8, 4) is 5.75 Å². The number of halogens is 3. The molecule has 0 radical (unpaired) electrons. The number of ether oxygens (including phenoxy) is 1. The highest BCUT2D eigenvalue weighted by Crippen LogP contribution is 2.23. The van der Waals surface area contributed by atoms with E-state index in [1.807, 2.05) is 13.1 Å². The molecule has 1 heterocycles. The Labute approximate surface area is 128 Å². The fourth-order valence-electron chi connectivity index (χ4n) is 2.48. The Morgan fingerprint density at radius 2 is 2.00 bits per heavy atom. The molecular weight excluding hydrogens is 295 g/mol. The molecule has 2 rings (SSSR count). The molecule has 7 heteroatoms. The van der Waals surface area contributed by atoms with Crippen LogP contribution in [0.15, 0.2) is 24.3 Å². The third-order valence-corrected chi connectivity index (χ3v) is 3.59. The van der Waals surface area contributed by atoms with Crippen LogP contribution >= 0.6 is 0 Å². The van der Waals surface area contributed by atoms with Crippen molar-refractivity contribution in [3.63, 3.8) is 0 Å². The third-order valence-electron chi connectivity index (χ3n) is 3.59. The molecular formula is C15H22F3N3O. The van der Waals surface area contributed by atoms with Crippen LogP contribution in [0.4, 0.5) is 13.2 Å². The Morgan fingerprint density at radius 3 is 2.68 bits per heavy atom. The van der Waals surface area contributed by atoms with Gasteiger partial charge in [-0.3, -0.25) is 4.90 Å². The van der Waals surface area contributed by atoms with Gasteiger partial charge in [0.15, 0.2) is 0 Å². The van der Waals surface area contributed by atoms with Crippen LogP contribution in [-0.4, -0.2) is 62.5 Å². The lowest BCUT2D eigenvalue weighted by Gasteiger charge is -2.29. The van der Waals surface area contributed by atoms with Gasteiger partial charge in [-0.2, -0.15) is 0 Å². The molecule has 0 atom stereocenters. The highest BCUT2D eigenvalue weighted by molar-refractivity contribution is 5.28. The number of piperazine rings is 1. The molecule has 22 heavy (non-hydrogen) atoms. The van der Waals surface area contributed by atoms with E-state index in [0.717, 1.165) is 44.8 Å². The lowest BCUT2D eigenvalue weighted by molar-refractivity contribution is -0.274. The SMILES string of the molecule is CN(CCN1CCNCC1)Cc1cccc(OC(F)(F)F)c1. The smallest absolute Gasteiger partial charge is 0.406 e. The van der Waals surface area contributed by atoms with E-state index in [0.29, 0.717) is 6.54 Å². The fourth-order valence-corrected chi connectivity index (χ4v) is 2.48. The minimum Gasteiger partial charge on any atom is -0.406 e. The van der Waals surface area contributed by atoms with E-state index in [1.54, 1.807) is 6.07 Å². The molecule has 0 aromatic heterocycles. The lowest BCUT2D eigenvalue weighted by Crippen LogP contribution is -2.45. The second-order valence-electron chi connectivity index (χ2n) is 5.52. The summed E-state index contributed by atoms with van der Waals surface area (Å²) in [4.78, 5) is 4.49. The average Bonchev–Trinajstić information content (AvgIpc) is 2.45. The summed E-state index contributed by atoms with van der Waals surface area (Å²) < 4.78 is 40.6. The van der Waals surface area contributed by atoms with Gasteiger partial charge >= 0.3 is 6.36 Å². The van der Waals surface area contributed by atoms with Crippen molar-refractivity contribution in [3.05, 3.63) is 29.8 Å². The molecule has 1 aromatic carbocycles. The summed E-state index contributed by atoms with van der Waals surface area (Å²) >= 11 is 0. The van der Waals surface area contributed by atoms with E-state index < -0.39 is 6.36 Å². The van der Waals surface area contributed by atoms with Gasteiger partial charge in [-0.05, 0) is 24.7 Å². The molecule has 0 spiro atoms. The molecule has 1 aliphatic heterocycles. The van der Waals surface area contributed by atoms with Gasteiger partial charge in [0, 0.05) is 45.8 Å². The van der Waals surface area contributed by atoms with Crippen LogP contribution in [0.1, 0.15) is 5.56 Å². The molecule has 0 aliphatic carbocycles. The summed E-state index contributed by atoms with van der Waals surface area (Å²) in [6.07, 6.45) is -4.65. The zero-order valence-electron chi connectivity index (χ0n) is 12.7. The van der Waals surface area contributed by atoms with Crippen molar-refractivity contribution >= 4 is 0 Å². The number of benzene rings is 1. The predicted molar refractivity (Wildman–Crippen MR) is 78.8 cm³/mol. The fraction of sp³-hybridized carbons (Fsp3) is 0.600. The first kappa shape index (κ1) is 17.1. The zero-order chi connectivity index (χ0) is 16.0. The molecule has 1 aromatic rings. The molecule has 4 nitrogen and oxygen atoms in total. The highest BCUT2D eigenvalue weighted by atomic mass is 19.4. The van der Waals surface area contributed by atoms with Crippen LogP contribution in [-0.2, 0) is 6.54 Å². The van der Waals surface area contributed by atoms with Crippen molar-refractivity contribution in [2.45, 2.75) is 12.9 Å². The number of rotatable bonds is 6. The van der Waals surface area contributed by atoms with Crippen LogP contribution in [0.3, 0.4) is 0 Å². The van der Waals surface area contributed by atoms with Crippen molar-refractivity contribution in [2.24, 2.45) is 0 Å². The second-order valence-corrected chi connectivity index (χ2v) is 5.52. The van der Waals surface area contributed by atoms with E-state index in [2.05, 4.69) is 19.9 Å². The summed E-state index contributed by atoms with van der Waals surface area (Å²) in [6.45, 7) is 6.56. The minimum absolute atomic E-state index is 0.166. The Hall–Kier alpha value is -1.31. The Balaban J connectivity index is 1.80. The van der Waals surface area contributed by atoms with Gasteiger partial charge in [0.1, 0.15) is 5.75 Å². The van der Waals surface area contributed by atoms with Gasteiger partial charge < -0.3 is 15.0 Å². The number of hydrogen-bond donors (Lipinski definition) is 1. The average molecular weight is 317 g/mol. The van der Waals surface area contributed by atoms with Crippen LogP contribution in [0.5, 0.6) is 5.75 Å². The summed E-state index contributed by atoms with van der Waals surface area (Å²) in [5, 5.41) is 3.31. The predicted octanol–water partition coefficient (Wildman–Crippen LogP) is 1.92. The normalized spacial score (nSPS) is 17.0. The number of nitrogens with one attached hydrogen (secondary N) is 1. The van der Waals surface area contributed by atoms with Gasteiger partial charge in [0.25, 0.3) is 0 Å². The zero-order valence-corrected chi connectivity index (χ0v) is 12.7. The molecule has 1 saturated heterocycles. The third kappa shape index (κ3) is 6.21. The van der Waals surface area contributed by atoms with Crippen LogP contribution in [0.2, 0.25) is 0 Å². The Bertz CT molecular complexity index is 462. The number of hydrogen-bond acceptors (Lipinski definition) is 4. The Kier molecular flexibility index (Phi) is 6.05. The van der Waals surface area contributed by atoms with E-state index in [1.165, 1.54) is 12.1 Å². The molecule has 0 bridgehead atoms. The molecule has 1 N–H and O–H groups in total. The van der Waals surface area contributed by atoms with Crippen molar-refractivity contribution < 1.29 is 17.9 Å². The van der Waals surface area contributed by atoms with Gasteiger partial charge in [-0.15, -0.1) is 13.2 Å². The van der Waals surface area contributed by atoms with Crippen molar-refractivity contribution in [1.82, 2.24) is 15.1 Å². The van der Waals surface area contributed by atoms with E-state index in [9.17, 15) is 13.2 Å². The number of likely N-dealkylation sites (N-methyl/N-ethyl adjacent to an activating group) is 1. The largest absolute Gasteiger partial charge is 0.573 e. The first-order chi connectivity index (χ1) is 10.4. The van der Waals surface area contributed by atoms with Gasteiger partial charge in [0.2, 0.25) is 0 Å². The van der Waals surface area contributed by atoms with Crippen LogP contribution in [0, 0.1) is 0 Å². The molecule has 1 aliphatic rings. The van der Waals surface area contributed by atoms with E-state index in [4.69, 9.17) is 0 Å². The van der Waals surface area contributed by atoms with Crippen molar-refractivity contribution in [1.29, 1.82) is 0 Å². The first-order valence-electron chi connectivity index (χ1n) is 7.39.